The number of allylic oxidation sites excluding steroid dienone is 1. The highest BCUT2D eigenvalue weighted by Crippen LogP contribution is 1.85. The van der Waals surface area contributed by atoms with Crippen molar-refractivity contribution >= 4 is 0 Å². The van der Waals surface area contributed by atoms with Gasteiger partial charge in [-0.05, 0) is 12.8 Å². The molecule has 0 fully saturated rings. The Labute approximate surface area is 113 Å². The van der Waals surface area contributed by atoms with Crippen LogP contribution in [0, 0.1) is 0 Å². The fraction of sp³-hybridized carbons (Fsp3) is 0.867. The van der Waals surface area contributed by atoms with Crippen molar-refractivity contribution in [2.45, 2.75) is 64.3 Å². The highest BCUT2D eigenvalue weighted by molar-refractivity contribution is 4.79. The molecule has 0 aromatic carbocycles. The molecular weight excluding hydrogens is 212 g/mol. The lowest BCUT2D eigenvalue weighted by molar-refractivity contribution is 0.120. The molecule has 0 unspecified atom stereocenters. The minimum absolute atomic E-state index is 0. The molecule has 0 amide bonds. The molecule has 0 aromatic rings. The van der Waals surface area contributed by atoms with Gasteiger partial charge in [-0.2, -0.15) is 0 Å². The van der Waals surface area contributed by atoms with Crippen LogP contribution in [0.3, 0.4) is 0 Å². The summed E-state index contributed by atoms with van der Waals surface area (Å²) in [4.78, 5) is 0. The second-order valence-electron chi connectivity index (χ2n) is 2.30. The third kappa shape index (κ3) is 49.8. The van der Waals surface area contributed by atoms with Gasteiger partial charge in [0.05, 0.1) is 6.61 Å². The predicted molar refractivity (Wildman–Crippen MR) is 87.1 cm³/mol. The first kappa shape index (κ1) is 43.8. The zero-order valence-corrected chi connectivity index (χ0v) is 7.51. The number of hydrogen-bond acceptors (Lipinski definition) is 2. The van der Waals surface area contributed by atoms with Crippen LogP contribution in [0.25, 0.3) is 0 Å². The molecule has 0 bridgehead atoms. The molecule has 0 aliphatic carbocycles. The lowest BCUT2D eigenvalue weighted by atomic mass is 10.4. The van der Waals surface area contributed by atoms with Gasteiger partial charge in [0.25, 0.3) is 0 Å². The molecule has 0 atom stereocenters. The molecule has 2 heteroatoms. The van der Waals surface area contributed by atoms with Crippen molar-refractivity contribution in [2.24, 2.45) is 0 Å². The summed E-state index contributed by atoms with van der Waals surface area (Å²) in [5.74, 6) is 0. The number of rotatable bonds is 7. The van der Waals surface area contributed by atoms with E-state index in [0.717, 1.165) is 32.7 Å². The van der Waals surface area contributed by atoms with Crippen LogP contribution in [-0.4, -0.2) is 26.9 Å². The smallest absolute Gasteiger partial charge is 0.0647 e. The molecule has 0 aliphatic rings. The third-order valence-electron chi connectivity index (χ3n) is 1.25. The van der Waals surface area contributed by atoms with Crippen LogP contribution in [0.5, 0.6) is 0 Å². The van der Waals surface area contributed by atoms with Crippen molar-refractivity contribution in [3.8, 4) is 0 Å². The van der Waals surface area contributed by atoms with Gasteiger partial charge in [-0.15, -0.1) is 0 Å². The Balaban J connectivity index is -0.0000000333. The van der Waals surface area contributed by atoms with Crippen LogP contribution >= 0.6 is 0 Å². The van der Waals surface area contributed by atoms with Crippen LogP contribution in [0.2, 0.25) is 0 Å². The molecule has 114 valence electrons. The van der Waals surface area contributed by atoms with Crippen LogP contribution in [0.15, 0.2) is 12.2 Å². The number of hydrogen-bond donors (Lipinski definition) is 0. The van der Waals surface area contributed by atoms with E-state index in [-0.39, 0.29) is 44.6 Å². The lowest BCUT2D eigenvalue weighted by Crippen LogP contribution is -1.98. The zero-order valence-electron chi connectivity index (χ0n) is 7.51. The van der Waals surface area contributed by atoms with Crippen molar-refractivity contribution in [3.05, 3.63) is 12.2 Å². The van der Waals surface area contributed by atoms with E-state index in [1.54, 1.807) is 7.11 Å². The van der Waals surface area contributed by atoms with Gasteiger partial charge in [0.1, 0.15) is 0 Å². The Morgan fingerprint density at radius 3 is 1.76 bits per heavy atom. The largest absolute Gasteiger partial charge is 0.385 e. The van der Waals surface area contributed by atoms with Crippen molar-refractivity contribution in [1.29, 1.82) is 0 Å². The quantitative estimate of drug-likeness (QED) is 0.421. The second kappa shape index (κ2) is 44.9. The molecule has 0 radical (unpaired) electrons. The summed E-state index contributed by atoms with van der Waals surface area (Å²) in [6.45, 7) is 4.43. The molecule has 0 saturated carbocycles. The monoisotopic (exact) mass is 254 g/mol. The summed E-state index contributed by atoms with van der Waals surface area (Å²) >= 11 is 0. The van der Waals surface area contributed by atoms with E-state index in [2.05, 4.69) is 13.0 Å². The van der Waals surface area contributed by atoms with Gasteiger partial charge < -0.3 is 9.47 Å². The molecule has 0 heterocycles. The molecule has 17 heavy (non-hydrogen) atoms. The van der Waals surface area contributed by atoms with Crippen molar-refractivity contribution in [2.75, 3.05) is 26.9 Å². The van der Waals surface area contributed by atoms with Gasteiger partial charge in [0.15, 0.2) is 0 Å². The molecule has 0 saturated heterocycles. The Hall–Kier alpha value is -0.340. The fourth-order valence-electron chi connectivity index (χ4n) is 0.691. The van der Waals surface area contributed by atoms with Gasteiger partial charge in [-0.25, -0.2) is 0 Å². The van der Waals surface area contributed by atoms with E-state index in [9.17, 15) is 0 Å². The summed E-state index contributed by atoms with van der Waals surface area (Å²) in [5.41, 5.74) is 0. The van der Waals surface area contributed by atoms with E-state index in [1.165, 1.54) is 0 Å². The SMILES string of the molecule is C.C.C.C.C.C.CC/C=C/COCCCOC. The topological polar surface area (TPSA) is 18.5 Å². The minimum atomic E-state index is 0. The summed E-state index contributed by atoms with van der Waals surface area (Å²) in [6.07, 6.45) is 6.22. The first-order chi connectivity index (χ1) is 5.41. The summed E-state index contributed by atoms with van der Waals surface area (Å²) in [6, 6.07) is 0. The summed E-state index contributed by atoms with van der Waals surface area (Å²) in [7, 11) is 1.71. The molecular formula is C15H42O2. The van der Waals surface area contributed by atoms with E-state index in [1.807, 2.05) is 6.08 Å². The van der Waals surface area contributed by atoms with Crippen LogP contribution in [0.1, 0.15) is 64.3 Å². The predicted octanol–water partition coefficient (Wildman–Crippen LogP) is 5.82. The third-order valence-corrected chi connectivity index (χ3v) is 1.25. The fourth-order valence-corrected chi connectivity index (χ4v) is 0.691. The molecule has 0 N–H and O–H groups in total. The minimum Gasteiger partial charge on any atom is -0.385 e. The second-order valence-corrected chi connectivity index (χ2v) is 2.30. The Morgan fingerprint density at radius 1 is 0.824 bits per heavy atom. The maximum atomic E-state index is 5.27. The maximum Gasteiger partial charge on any atom is 0.0647 e. The van der Waals surface area contributed by atoms with Gasteiger partial charge in [0, 0.05) is 20.3 Å². The summed E-state index contributed by atoms with van der Waals surface area (Å²) in [5, 5.41) is 0. The molecule has 0 rings (SSSR count). The summed E-state index contributed by atoms with van der Waals surface area (Å²) < 4.78 is 10.1. The normalized spacial score (nSPS) is 7.18. The standard InChI is InChI=1S/C9H18O2.6CH4/c1-3-4-5-8-11-9-6-7-10-2;;;;;;/h4-5H,3,6-9H2,1-2H3;6*1H4/b5-4+;;;;;;. The Kier molecular flexibility index (Phi) is 116. The number of ether oxygens (including phenoxy) is 2. The highest BCUT2D eigenvalue weighted by Gasteiger charge is 1.84. The average molecular weight is 254 g/mol. The van der Waals surface area contributed by atoms with Crippen LogP contribution < -0.4 is 0 Å². The maximum absolute atomic E-state index is 5.27. The van der Waals surface area contributed by atoms with Crippen LogP contribution in [0.4, 0.5) is 0 Å². The van der Waals surface area contributed by atoms with Gasteiger partial charge >= 0.3 is 0 Å². The van der Waals surface area contributed by atoms with Gasteiger partial charge in [0.2, 0.25) is 0 Å². The Morgan fingerprint density at radius 2 is 1.35 bits per heavy atom. The van der Waals surface area contributed by atoms with Crippen molar-refractivity contribution < 1.29 is 9.47 Å². The first-order valence-electron chi connectivity index (χ1n) is 4.13. The van der Waals surface area contributed by atoms with Gasteiger partial charge in [-0.3, -0.25) is 0 Å². The number of methoxy groups -OCH3 is 1. The van der Waals surface area contributed by atoms with E-state index in [4.69, 9.17) is 9.47 Å². The highest BCUT2D eigenvalue weighted by atomic mass is 16.5. The molecule has 2 nitrogen and oxygen atoms in total. The van der Waals surface area contributed by atoms with Crippen molar-refractivity contribution in [3.63, 3.8) is 0 Å². The lowest BCUT2D eigenvalue weighted by Gasteiger charge is -1.99. The Bertz CT molecular complexity index is 90.9. The van der Waals surface area contributed by atoms with E-state index in [0.29, 0.717) is 0 Å². The molecule has 0 aliphatic heterocycles. The van der Waals surface area contributed by atoms with Crippen molar-refractivity contribution in [1.82, 2.24) is 0 Å². The van der Waals surface area contributed by atoms with E-state index >= 15 is 0 Å². The van der Waals surface area contributed by atoms with E-state index < -0.39 is 0 Å². The first-order valence-corrected chi connectivity index (χ1v) is 4.13. The molecule has 0 spiro atoms. The molecule has 0 aromatic heterocycles. The van der Waals surface area contributed by atoms with Crippen LogP contribution in [-0.2, 0) is 9.47 Å². The average Bonchev–Trinajstić information content (AvgIpc) is 2.03. The van der Waals surface area contributed by atoms with Gasteiger partial charge in [-0.1, -0.05) is 63.6 Å². The zero-order chi connectivity index (χ0) is 8.36.